The Balaban J connectivity index is 1.22. The van der Waals surface area contributed by atoms with Crippen LogP contribution in [0.3, 0.4) is 0 Å². The molecule has 0 aliphatic carbocycles. The van der Waals surface area contributed by atoms with E-state index in [4.69, 9.17) is 30.5 Å². The number of nitrogens with zero attached hydrogens (tertiary/aromatic N) is 1. The van der Waals surface area contributed by atoms with E-state index in [2.05, 4.69) is 5.32 Å². The predicted octanol–water partition coefficient (Wildman–Crippen LogP) is 4.86. The average Bonchev–Trinajstić information content (AvgIpc) is 2.91. The smallest absolute Gasteiger partial charge is 0.241 e. The fourth-order valence-corrected chi connectivity index (χ4v) is 4.42. The van der Waals surface area contributed by atoms with Crippen LogP contribution in [0.4, 0.5) is 5.69 Å². The minimum absolute atomic E-state index is 0.0171. The first-order chi connectivity index (χ1) is 18.1. The second kappa shape index (κ2) is 14.0. The van der Waals surface area contributed by atoms with E-state index in [1.807, 2.05) is 77.7 Å². The van der Waals surface area contributed by atoms with Gasteiger partial charge >= 0.3 is 0 Å². The Labute approximate surface area is 223 Å². The summed E-state index contributed by atoms with van der Waals surface area (Å²) in [6.07, 6.45) is 0.763. The van der Waals surface area contributed by atoms with Gasteiger partial charge in [-0.2, -0.15) is 0 Å². The third-order valence-corrected chi connectivity index (χ3v) is 6.26. The standard InChI is InChI=1S/C29H33ClN2O5/c1-34-28-9-3-2-7-23(28)20-35-14-5-15-37-27-12-10-25(11-13-27)32-26(17-31-18-29(32)33)21-36-19-22-6-4-8-24(30)16-22/h2-4,6-13,16,26,31H,5,14-15,17-21H2,1H3/t26-/m1/s1. The summed E-state index contributed by atoms with van der Waals surface area (Å²) < 4.78 is 22.9. The van der Waals surface area contributed by atoms with Gasteiger partial charge in [0.1, 0.15) is 11.5 Å². The summed E-state index contributed by atoms with van der Waals surface area (Å²) in [7, 11) is 1.66. The van der Waals surface area contributed by atoms with Crippen LogP contribution in [0.25, 0.3) is 0 Å². The Morgan fingerprint density at radius 2 is 1.81 bits per heavy atom. The Morgan fingerprint density at radius 1 is 0.973 bits per heavy atom. The minimum atomic E-state index is -0.104. The Kier molecular flexibility index (Phi) is 10.2. The quantitative estimate of drug-likeness (QED) is 0.322. The maximum Gasteiger partial charge on any atom is 0.241 e. The van der Waals surface area contributed by atoms with Crippen molar-refractivity contribution in [2.24, 2.45) is 0 Å². The number of nitrogens with one attached hydrogen (secondary N) is 1. The molecule has 1 fully saturated rings. The summed E-state index contributed by atoms with van der Waals surface area (Å²) in [4.78, 5) is 14.5. The van der Waals surface area contributed by atoms with Crippen LogP contribution in [0.1, 0.15) is 17.5 Å². The summed E-state index contributed by atoms with van der Waals surface area (Å²) in [6, 6.07) is 22.9. The molecule has 196 valence electrons. The van der Waals surface area contributed by atoms with Crippen molar-refractivity contribution in [3.05, 3.63) is 88.9 Å². The Bertz CT molecular complexity index is 1140. The van der Waals surface area contributed by atoms with E-state index in [9.17, 15) is 4.79 Å². The molecule has 0 bridgehead atoms. The highest BCUT2D eigenvalue weighted by Gasteiger charge is 2.29. The van der Waals surface area contributed by atoms with Crippen LogP contribution in [0, 0.1) is 0 Å². The van der Waals surface area contributed by atoms with Crippen LogP contribution in [0.2, 0.25) is 5.02 Å². The van der Waals surface area contributed by atoms with Crippen molar-refractivity contribution in [3.8, 4) is 11.5 Å². The zero-order valence-corrected chi connectivity index (χ0v) is 21.8. The molecule has 0 radical (unpaired) electrons. The number of piperazine rings is 1. The Morgan fingerprint density at radius 3 is 2.62 bits per heavy atom. The summed E-state index contributed by atoms with van der Waals surface area (Å²) in [5.41, 5.74) is 2.85. The number of halogens is 1. The van der Waals surface area contributed by atoms with Gasteiger partial charge in [0, 0.05) is 29.2 Å². The van der Waals surface area contributed by atoms with Gasteiger partial charge in [0.05, 0.1) is 52.7 Å². The number of hydrogen-bond acceptors (Lipinski definition) is 6. The second-order valence-electron chi connectivity index (χ2n) is 8.75. The summed E-state index contributed by atoms with van der Waals surface area (Å²) >= 11 is 6.06. The number of para-hydroxylation sites is 1. The molecule has 1 aliphatic rings. The highest BCUT2D eigenvalue weighted by molar-refractivity contribution is 6.30. The highest BCUT2D eigenvalue weighted by atomic mass is 35.5. The zero-order valence-electron chi connectivity index (χ0n) is 21.0. The molecule has 0 saturated carbocycles. The average molecular weight is 525 g/mol. The number of hydrogen-bond donors (Lipinski definition) is 1. The summed E-state index contributed by atoms with van der Waals surface area (Å²) in [6.45, 7) is 3.45. The van der Waals surface area contributed by atoms with Crippen LogP contribution in [0.15, 0.2) is 72.8 Å². The van der Waals surface area contributed by atoms with Gasteiger partial charge in [-0.15, -0.1) is 0 Å². The predicted molar refractivity (Wildman–Crippen MR) is 144 cm³/mol. The lowest BCUT2D eigenvalue weighted by molar-refractivity contribution is -0.119. The van der Waals surface area contributed by atoms with Crippen molar-refractivity contribution < 1.29 is 23.7 Å². The molecule has 0 unspecified atom stereocenters. The molecule has 37 heavy (non-hydrogen) atoms. The van der Waals surface area contributed by atoms with Crippen molar-refractivity contribution in [1.29, 1.82) is 0 Å². The maximum atomic E-state index is 12.7. The van der Waals surface area contributed by atoms with Gasteiger partial charge < -0.3 is 29.2 Å². The number of amides is 1. The van der Waals surface area contributed by atoms with Crippen molar-refractivity contribution in [2.75, 3.05) is 44.9 Å². The molecule has 0 spiro atoms. The van der Waals surface area contributed by atoms with Gasteiger partial charge in [-0.3, -0.25) is 4.79 Å². The van der Waals surface area contributed by atoms with E-state index in [0.29, 0.717) is 51.1 Å². The molecule has 3 aromatic carbocycles. The summed E-state index contributed by atoms with van der Waals surface area (Å²) in [5.74, 6) is 1.60. The molecule has 1 N–H and O–H groups in total. The Hall–Kier alpha value is -3.10. The van der Waals surface area contributed by atoms with Gasteiger partial charge in [0.15, 0.2) is 0 Å². The molecule has 4 rings (SSSR count). The molecule has 1 amide bonds. The SMILES string of the molecule is COc1ccccc1COCCCOc1ccc(N2C(=O)CNC[C@@H]2COCc2cccc(Cl)c2)cc1. The molecule has 1 saturated heterocycles. The third-order valence-electron chi connectivity index (χ3n) is 6.02. The molecule has 7 nitrogen and oxygen atoms in total. The molecule has 1 aliphatic heterocycles. The van der Waals surface area contributed by atoms with Gasteiger partial charge in [-0.25, -0.2) is 0 Å². The lowest BCUT2D eigenvalue weighted by atomic mass is 10.1. The number of ether oxygens (including phenoxy) is 4. The van der Waals surface area contributed by atoms with E-state index in [1.165, 1.54) is 0 Å². The molecule has 0 aromatic heterocycles. The molecule has 1 atom stereocenters. The molecule has 8 heteroatoms. The second-order valence-corrected chi connectivity index (χ2v) is 9.19. The molecular formula is C29H33ClN2O5. The van der Waals surface area contributed by atoms with Crippen LogP contribution in [-0.2, 0) is 27.5 Å². The number of benzene rings is 3. The van der Waals surface area contributed by atoms with Crippen molar-refractivity contribution >= 4 is 23.2 Å². The molecule has 3 aromatic rings. The monoisotopic (exact) mass is 524 g/mol. The van der Waals surface area contributed by atoms with Crippen molar-refractivity contribution in [1.82, 2.24) is 5.32 Å². The lowest BCUT2D eigenvalue weighted by Crippen LogP contribution is -2.57. The number of carbonyl (C=O) groups is 1. The normalized spacial score (nSPS) is 15.6. The van der Waals surface area contributed by atoms with Crippen LogP contribution in [0.5, 0.6) is 11.5 Å². The number of rotatable bonds is 13. The summed E-state index contributed by atoms with van der Waals surface area (Å²) in [5, 5.41) is 3.86. The van der Waals surface area contributed by atoms with Gasteiger partial charge in [0.2, 0.25) is 5.91 Å². The fraction of sp³-hybridized carbons (Fsp3) is 0.345. The zero-order chi connectivity index (χ0) is 25.9. The maximum absolute atomic E-state index is 12.7. The topological polar surface area (TPSA) is 69.3 Å². The van der Waals surface area contributed by atoms with Gasteiger partial charge in [-0.1, -0.05) is 41.9 Å². The first kappa shape index (κ1) is 26.9. The van der Waals surface area contributed by atoms with Gasteiger partial charge in [0.25, 0.3) is 0 Å². The fourth-order valence-electron chi connectivity index (χ4n) is 4.21. The van der Waals surface area contributed by atoms with Crippen molar-refractivity contribution in [2.45, 2.75) is 25.7 Å². The van der Waals surface area contributed by atoms with Gasteiger partial charge in [-0.05, 0) is 48.0 Å². The van der Waals surface area contributed by atoms with Crippen LogP contribution >= 0.6 is 11.6 Å². The van der Waals surface area contributed by atoms with E-state index in [1.54, 1.807) is 7.11 Å². The number of carbonyl (C=O) groups excluding carboxylic acids is 1. The van der Waals surface area contributed by atoms with E-state index in [0.717, 1.165) is 34.7 Å². The first-order valence-electron chi connectivity index (χ1n) is 12.4. The van der Waals surface area contributed by atoms with Crippen LogP contribution in [-0.4, -0.2) is 52.0 Å². The third kappa shape index (κ3) is 7.94. The largest absolute Gasteiger partial charge is 0.496 e. The lowest BCUT2D eigenvalue weighted by Gasteiger charge is -2.36. The first-order valence-corrected chi connectivity index (χ1v) is 12.8. The van der Waals surface area contributed by atoms with Crippen LogP contribution < -0.4 is 19.7 Å². The molecule has 1 heterocycles. The highest BCUT2D eigenvalue weighted by Crippen LogP contribution is 2.24. The van der Waals surface area contributed by atoms with Crippen molar-refractivity contribution in [3.63, 3.8) is 0 Å². The molecular weight excluding hydrogens is 492 g/mol. The number of anilines is 1. The van der Waals surface area contributed by atoms with E-state index >= 15 is 0 Å². The van der Waals surface area contributed by atoms with E-state index < -0.39 is 0 Å². The van der Waals surface area contributed by atoms with E-state index in [-0.39, 0.29) is 11.9 Å². The minimum Gasteiger partial charge on any atom is -0.496 e. The number of methoxy groups -OCH3 is 1.